The van der Waals surface area contributed by atoms with E-state index in [0.29, 0.717) is 19.7 Å². The minimum atomic E-state index is -0.865. The number of aliphatic carboxylic acids is 1. The Hall–Kier alpha value is -2.68. The molecule has 1 heterocycles. The van der Waals surface area contributed by atoms with Crippen molar-refractivity contribution < 1.29 is 14.6 Å². The van der Waals surface area contributed by atoms with E-state index in [2.05, 4.69) is 58.5 Å². The molecule has 1 N–H and O–H groups in total. The van der Waals surface area contributed by atoms with Gasteiger partial charge >= 0.3 is 5.97 Å². The lowest BCUT2D eigenvalue weighted by Gasteiger charge is -2.21. The van der Waals surface area contributed by atoms with Crippen molar-refractivity contribution in [2.75, 3.05) is 20.3 Å². The predicted octanol–water partition coefficient (Wildman–Crippen LogP) is 4.24. The van der Waals surface area contributed by atoms with E-state index in [1.165, 1.54) is 22.9 Å². The van der Waals surface area contributed by atoms with Crippen molar-refractivity contribution in [3.8, 4) is 0 Å². The smallest absolute Gasteiger partial charge is 0.319 e. The first-order valence-corrected chi connectivity index (χ1v) is 11.7. The Balaban J connectivity index is 1.63. The first kappa shape index (κ1) is 25.0. The minimum Gasteiger partial charge on any atom is -0.480 e. The van der Waals surface area contributed by atoms with Gasteiger partial charge in [-0.2, -0.15) is 0 Å². The normalized spacial score (nSPS) is 11.8. The number of benzene rings is 2. The molecule has 3 aromatic rings. The lowest BCUT2D eigenvalue weighted by molar-refractivity contribution is -0.138. The summed E-state index contributed by atoms with van der Waals surface area (Å²) in [6, 6.07) is 16.5. The van der Waals surface area contributed by atoms with Crippen LogP contribution in [0.1, 0.15) is 36.2 Å². The van der Waals surface area contributed by atoms with E-state index < -0.39 is 10.7 Å². The van der Waals surface area contributed by atoms with Crippen molar-refractivity contribution in [1.82, 2.24) is 19.9 Å². The number of nitrogens with zero attached hydrogens (tertiary/aromatic N) is 4. The van der Waals surface area contributed by atoms with Crippen molar-refractivity contribution >= 4 is 17.7 Å². The van der Waals surface area contributed by atoms with Gasteiger partial charge in [-0.3, -0.25) is 9.69 Å². The van der Waals surface area contributed by atoms with E-state index in [1.807, 2.05) is 23.0 Å². The second-order valence-electron chi connectivity index (χ2n) is 8.66. The molecule has 0 fully saturated rings. The van der Waals surface area contributed by atoms with Crippen LogP contribution in [0.2, 0.25) is 0 Å². The Morgan fingerprint density at radius 1 is 1.15 bits per heavy atom. The summed E-state index contributed by atoms with van der Waals surface area (Å²) in [5.74, 6) is -0.822. The number of carbonyl (C=O) groups is 1. The highest BCUT2D eigenvalue weighted by Gasteiger charge is 2.28. The van der Waals surface area contributed by atoms with Crippen LogP contribution in [0.4, 0.5) is 0 Å². The number of aromatic nitrogens is 3. The van der Waals surface area contributed by atoms with Crippen LogP contribution in [-0.4, -0.2) is 56.0 Å². The van der Waals surface area contributed by atoms with Gasteiger partial charge in [0.25, 0.3) is 0 Å². The highest BCUT2D eigenvalue weighted by atomic mass is 32.2. The average Bonchev–Trinajstić information content (AvgIpc) is 3.19. The number of aryl methyl sites for hydroxylation is 1. The molecule has 176 valence electrons. The van der Waals surface area contributed by atoms with Crippen molar-refractivity contribution in [2.45, 2.75) is 50.0 Å². The summed E-state index contributed by atoms with van der Waals surface area (Å²) in [4.78, 5) is 14.6. The van der Waals surface area contributed by atoms with Crippen molar-refractivity contribution in [1.29, 1.82) is 0 Å². The molecule has 0 aliphatic rings. The van der Waals surface area contributed by atoms with Crippen molar-refractivity contribution in [2.24, 2.45) is 0 Å². The van der Waals surface area contributed by atoms with E-state index in [1.54, 1.807) is 21.0 Å². The van der Waals surface area contributed by atoms with Gasteiger partial charge in [0.2, 0.25) is 0 Å². The van der Waals surface area contributed by atoms with Gasteiger partial charge in [-0.1, -0.05) is 47.2 Å². The van der Waals surface area contributed by atoms with Gasteiger partial charge in [0.1, 0.15) is 4.75 Å². The van der Waals surface area contributed by atoms with Crippen LogP contribution in [0.15, 0.2) is 59.6 Å². The second kappa shape index (κ2) is 11.4. The maximum atomic E-state index is 11.4. The molecule has 1 aromatic heterocycles. The summed E-state index contributed by atoms with van der Waals surface area (Å²) in [5, 5.41) is 18.0. The van der Waals surface area contributed by atoms with E-state index in [-0.39, 0.29) is 0 Å². The van der Waals surface area contributed by atoms with Gasteiger partial charge in [-0.25, -0.2) is 4.68 Å². The van der Waals surface area contributed by atoms with E-state index in [9.17, 15) is 9.90 Å². The van der Waals surface area contributed by atoms with Gasteiger partial charge in [0, 0.05) is 31.6 Å². The molecule has 0 aliphatic heterocycles. The summed E-state index contributed by atoms with van der Waals surface area (Å²) >= 11 is 1.35. The zero-order valence-corrected chi connectivity index (χ0v) is 20.5. The third-order valence-electron chi connectivity index (χ3n) is 5.23. The average molecular weight is 469 g/mol. The third-order valence-corrected chi connectivity index (χ3v) is 6.42. The van der Waals surface area contributed by atoms with E-state index in [4.69, 9.17) is 4.74 Å². The number of hydrogen-bond acceptors (Lipinski definition) is 6. The van der Waals surface area contributed by atoms with Crippen LogP contribution in [0, 0.1) is 6.92 Å². The van der Waals surface area contributed by atoms with E-state index >= 15 is 0 Å². The number of rotatable bonds is 12. The highest BCUT2D eigenvalue weighted by molar-refractivity contribution is 8.01. The van der Waals surface area contributed by atoms with Gasteiger partial charge in [-0.05, 0) is 44.0 Å². The number of ether oxygens (including phenoxy) is 1. The molecule has 0 aliphatic carbocycles. The summed E-state index contributed by atoms with van der Waals surface area (Å²) in [7, 11) is 1.70. The molecule has 0 spiro atoms. The molecular weight excluding hydrogens is 436 g/mol. The third kappa shape index (κ3) is 7.70. The lowest BCUT2D eigenvalue weighted by Crippen LogP contribution is -2.27. The summed E-state index contributed by atoms with van der Waals surface area (Å²) in [6.45, 7) is 9.00. The van der Waals surface area contributed by atoms with Crippen LogP contribution in [-0.2, 0) is 29.2 Å². The summed E-state index contributed by atoms with van der Waals surface area (Å²) in [5.41, 5.74) is 4.49. The SMILES string of the molecule is COCCN(Cc1ccc(SC(C)(C)C(=O)O)cc1)Cc1cn(Cc2cccc(C)c2)nn1. The Morgan fingerprint density at radius 2 is 1.91 bits per heavy atom. The van der Waals surface area contributed by atoms with Gasteiger partial charge in [0.05, 0.1) is 25.0 Å². The predicted molar refractivity (Wildman–Crippen MR) is 130 cm³/mol. The van der Waals surface area contributed by atoms with Crippen LogP contribution in [0.3, 0.4) is 0 Å². The fourth-order valence-corrected chi connectivity index (χ4v) is 4.36. The van der Waals surface area contributed by atoms with Crippen LogP contribution < -0.4 is 0 Å². The Bertz CT molecular complexity index is 1050. The largest absolute Gasteiger partial charge is 0.480 e. The standard InChI is InChI=1S/C25H32N4O3S/c1-19-6-5-7-21(14-19)16-29-18-22(26-27-29)17-28(12-13-32-4)15-20-8-10-23(11-9-20)33-25(2,3)24(30)31/h5-11,14,18H,12-13,15-17H2,1-4H3,(H,30,31). The Labute approximate surface area is 199 Å². The molecular formula is C25H32N4O3S. The zero-order chi connectivity index (χ0) is 23.8. The molecule has 8 heteroatoms. The van der Waals surface area contributed by atoms with Crippen LogP contribution >= 0.6 is 11.8 Å². The molecule has 0 atom stereocenters. The van der Waals surface area contributed by atoms with Gasteiger partial charge in [0.15, 0.2) is 0 Å². The quantitative estimate of drug-likeness (QED) is 0.398. The highest BCUT2D eigenvalue weighted by Crippen LogP contribution is 2.32. The minimum absolute atomic E-state index is 0.623. The number of methoxy groups -OCH3 is 1. The van der Waals surface area contributed by atoms with Gasteiger partial charge < -0.3 is 9.84 Å². The number of thioether (sulfide) groups is 1. The molecule has 0 saturated carbocycles. The van der Waals surface area contributed by atoms with Crippen LogP contribution in [0.5, 0.6) is 0 Å². The van der Waals surface area contributed by atoms with E-state index in [0.717, 1.165) is 29.2 Å². The number of carboxylic acid groups (broad SMARTS) is 1. The Kier molecular flexibility index (Phi) is 8.66. The molecule has 0 bridgehead atoms. The van der Waals surface area contributed by atoms with Crippen molar-refractivity contribution in [3.63, 3.8) is 0 Å². The maximum absolute atomic E-state index is 11.4. The fraction of sp³-hybridized carbons (Fsp3) is 0.400. The monoisotopic (exact) mass is 468 g/mol. The zero-order valence-electron chi connectivity index (χ0n) is 19.7. The lowest BCUT2D eigenvalue weighted by atomic mass is 10.1. The molecule has 0 unspecified atom stereocenters. The number of hydrogen-bond donors (Lipinski definition) is 1. The van der Waals surface area contributed by atoms with Crippen LogP contribution in [0.25, 0.3) is 0 Å². The fourth-order valence-electron chi connectivity index (χ4n) is 3.41. The van der Waals surface area contributed by atoms with Gasteiger partial charge in [-0.15, -0.1) is 16.9 Å². The maximum Gasteiger partial charge on any atom is 0.319 e. The second-order valence-corrected chi connectivity index (χ2v) is 10.4. The molecule has 7 nitrogen and oxygen atoms in total. The molecule has 0 radical (unpaired) electrons. The molecule has 2 aromatic carbocycles. The summed E-state index contributed by atoms with van der Waals surface area (Å²) < 4.78 is 6.30. The number of carboxylic acids is 1. The molecule has 0 saturated heterocycles. The Morgan fingerprint density at radius 3 is 2.58 bits per heavy atom. The first-order chi connectivity index (χ1) is 15.7. The summed E-state index contributed by atoms with van der Waals surface area (Å²) in [6.07, 6.45) is 2.00. The molecule has 33 heavy (non-hydrogen) atoms. The topological polar surface area (TPSA) is 80.5 Å². The molecule has 0 amide bonds. The first-order valence-electron chi connectivity index (χ1n) is 10.9. The molecule has 3 rings (SSSR count). The van der Waals surface area contributed by atoms with Crippen molar-refractivity contribution in [3.05, 3.63) is 77.1 Å².